The van der Waals surface area contributed by atoms with E-state index in [2.05, 4.69) is 10.3 Å². The molecule has 0 atom stereocenters. The van der Waals surface area contributed by atoms with Crippen LogP contribution in [0.4, 0.5) is 11.4 Å². The van der Waals surface area contributed by atoms with Gasteiger partial charge in [-0.1, -0.05) is 36.4 Å². The maximum atomic E-state index is 12.8. The van der Waals surface area contributed by atoms with E-state index in [9.17, 15) is 14.4 Å². The largest absolute Gasteiger partial charge is 0.484 e. The Bertz CT molecular complexity index is 1350. The fraction of sp³-hybridized carbons (Fsp3) is 0.143. The number of carbonyl (C=O) groups is 3. The number of thioether (sulfide) groups is 1. The Hall–Kier alpha value is -4.37. The molecule has 3 aromatic carbocycles. The Labute approximate surface area is 219 Å². The first-order valence-electron chi connectivity index (χ1n) is 11.5. The Morgan fingerprint density at radius 1 is 1.03 bits per heavy atom. The summed E-state index contributed by atoms with van der Waals surface area (Å²) in [6.07, 6.45) is 1.77. The number of anilines is 1. The summed E-state index contributed by atoms with van der Waals surface area (Å²) in [5.74, 6) is -0.314. The minimum absolute atomic E-state index is 0.119. The van der Waals surface area contributed by atoms with E-state index in [4.69, 9.17) is 9.47 Å². The average Bonchev–Trinajstić information content (AvgIpc) is 3.16. The van der Waals surface area contributed by atoms with E-state index in [0.717, 1.165) is 5.56 Å². The van der Waals surface area contributed by atoms with Crippen molar-refractivity contribution in [1.29, 1.82) is 0 Å². The predicted molar refractivity (Wildman–Crippen MR) is 145 cm³/mol. The third-order valence-corrected chi connectivity index (χ3v) is 6.25. The van der Waals surface area contributed by atoms with Crippen LogP contribution in [0.2, 0.25) is 0 Å². The molecule has 2 amide bonds. The molecule has 0 aliphatic carbocycles. The number of likely N-dealkylation sites (N-methyl/N-ethyl adjacent to an activating group) is 1. The van der Waals surface area contributed by atoms with Gasteiger partial charge >= 0.3 is 5.97 Å². The van der Waals surface area contributed by atoms with Crippen molar-refractivity contribution in [2.24, 2.45) is 4.99 Å². The molecule has 8 nitrogen and oxygen atoms in total. The van der Waals surface area contributed by atoms with Crippen LogP contribution >= 0.6 is 11.8 Å². The van der Waals surface area contributed by atoms with Crippen molar-refractivity contribution in [1.82, 2.24) is 4.90 Å². The molecular formula is C28H25N3O5S. The summed E-state index contributed by atoms with van der Waals surface area (Å²) in [5.41, 5.74) is 2.45. The zero-order valence-electron chi connectivity index (χ0n) is 20.3. The second kappa shape index (κ2) is 12.0. The molecule has 1 N–H and O–H groups in total. The number of rotatable bonds is 8. The first-order valence-corrected chi connectivity index (χ1v) is 12.4. The molecule has 1 aliphatic heterocycles. The van der Waals surface area contributed by atoms with E-state index < -0.39 is 5.97 Å². The first kappa shape index (κ1) is 25.7. The van der Waals surface area contributed by atoms with Crippen molar-refractivity contribution in [3.05, 3.63) is 94.9 Å². The van der Waals surface area contributed by atoms with E-state index in [-0.39, 0.29) is 25.0 Å². The van der Waals surface area contributed by atoms with Crippen molar-refractivity contribution in [3.63, 3.8) is 0 Å². The van der Waals surface area contributed by atoms with E-state index in [0.29, 0.717) is 32.8 Å². The molecule has 0 bridgehead atoms. The zero-order chi connectivity index (χ0) is 26.2. The number of esters is 1. The second-order valence-corrected chi connectivity index (χ2v) is 8.92. The lowest BCUT2D eigenvalue weighted by molar-refractivity contribution is -0.121. The van der Waals surface area contributed by atoms with Crippen molar-refractivity contribution < 1.29 is 23.9 Å². The third kappa shape index (κ3) is 6.86. The predicted octanol–water partition coefficient (Wildman–Crippen LogP) is 5.11. The van der Waals surface area contributed by atoms with Crippen LogP contribution in [0, 0.1) is 0 Å². The molecule has 9 heteroatoms. The van der Waals surface area contributed by atoms with Gasteiger partial charge < -0.3 is 14.8 Å². The number of hydrogen-bond acceptors (Lipinski definition) is 7. The molecule has 0 radical (unpaired) electrons. The van der Waals surface area contributed by atoms with Crippen LogP contribution in [0.25, 0.3) is 6.08 Å². The van der Waals surface area contributed by atoms with Gasteiger partial charge in [0.25, 0.3) is 11.8 Å². The molecule has 0 saturated carbocycles. The van der Waals surface area contributed by atoms with E-state index in [1.807, 2.05) is 30.3 Å². The number of amidine groups is 1. The fourth-order valence-electron chi connectivity index (χ4n) is 3.36. The number of nitrogens with zero attached hydrogens (tertiary/aromatic N) is 2. The zero-order valence-corrected chi connectivity index (χ0v) is 21.2. The van der Waals surface area contributed by atoms with Gasteiger partial charge in [0, 0.05) is 12.7 Å². The SMILES string of the molecule is CCOC(=O)c1cccc(N=C2SC(=Cc3ccc(OCC(=O)Nc4ccccc4)cc3)C(=O)N2C)c1. The number of nitrogens with one attached hydrogen (secondary N) is 1. The standard InChI is InChI=1S/C28H25N3O5S/c1-3-35-27(34)20-8-7-11-22(17-20)30-28-31(2)26(33)24(37-28)16-19-12-14-23(15-13-19)36-18-25(32)29-21-9-5-4-6-10-21/h4-17H,3,18H2,1-2H3,(H,29,32). The number of ether oxygens (including phenoxy) is 2. The highest BCUT2D eigenvalue weighted by molar-refractivity contribution is 8.18. The molecule has 0 unspecified atom stereocenters. The summed E-state index contributed by atoms with van der Waals surface area (Å²) in [5, 5.41) is 3.27. The minimum atomic E-state index is -0.419. The Balaban J connectivity index is 1.39. The molecule has 1 saturated heterocycles. The number of para-hydroxylation sites is 1. The average molecular weight is 516 g/mol. The van der Waals surface area contributed by atoms with E-state index in [1.54, 1.807) is 68.6 Å². The van der Waals surface area contributed by atoms with Gasteiger partial charge in [-0.05, 0) is 72.8 Å². The monoisotopic (exact) mass is 515 g/mol. The van der Waals surface area contributed by atoms with E-state index in [1.165, 1.54) is 16.7 Å². The Morgan fingerprint density at radius 3 is 2.51 bits per heavy atom. The van der Waals surface area contributed by atoms with Gasteiger partial charge in [-0.3, -0.25) is 14.5 Å². The van der Waals surface area contributed by atoms with Gasteiger partial charge in [0.1, 0.15) is 5.75 Å². The number of aliphatic imine (C=N–C) groups is 1. The Morgan fingerprint density at radius 2 is 1.78 bits per heavy atom. The molecule has 0 spiro atoms. The van der Waals surface area contributed by atoms with Crippen molar-refractivity contribution in [2.75, 3.05) is 25.6 Å². The van der Waals surface area contributed by atoms with Crippen molar-refractivity contribution in [3.8, 4) is 5.75 Å². The van der Waals surface area contributed by atoms with Gasteiger partial charge in [0.2, 0.25) is 0 Å². The highest BCUT2D eigenvalue weighted by atomic mass is 32.2. The summed E-state index contributed by atoms with van der Waals surface area (Å²) >= 11 is 1.25. The maximum Gasteiger partial charge on any atom is 0.338 e. The quantitative estimate of drug-likeness (QED) is 0.331. The van der Waals surface area contributed by atoms with Crippen molar-refractivity contribution >= 4 is 52.2 Å². The molecule has 1 aliphatic rings. The summed E-state index contributed by atoms with van der Waals surface area (Å²) < 4.78 is 10.6. The summed E-state index contributed by atoms with van der Waals surface area (Å²) in [4.78, 5) is 43.4. The van der Waals surface area contributed by atoms with Crippen LogP contribution in [0.3, 0.4) is 0 Å². The van der Waals surface area contributed by atoms with E-state index >= 15 is 0 Å². The third-order valence-electron chi connectivity index (χ3n) is 5.19. The summed E-state index contributed by atoms with van der Waals surface area (Å²) in [6.45, 7) is 1.92. The molecule has 1 fully saturated rings. The summed E-state index contributed by atoms with van der Waals surface area (Å²) in [6, 6.07) is 23.0. The van der Waals surface area contributed by atoms with Gasteiger partial charge in [0.05, 0.1) is 22.8 Å². The summed E-state index contributed by atoms with van der Waals surface area (Å²) in [7, 11) is 1.65. The van der Waals surface area contributed by atoms with Crippen LogP contribution in [0.1, 0.15) is 22.8 Å². The van der Waals surface area contributed by atoms with Crippen molar-refractivity contribution in [2.45, 2.75) is 6.92 Å². The fourth-order valence-corrected chi connectivity index (χ4v) is 4.34. The second-order valence-electron chi connectivity index (χ2n) is 7.91. The van der Waals surface area contributed by atoms with Crippen LogP contribution in [0.5, 0.6) is 5.75 Å². The van der Waals surface area contributed by atoms with Gasteiger partial charge in [-0.2, -0.15) is 0 Å². The number of hydrogen-bond donors (Lipinski definition) is 1. The topological polar surface area (TPSA) is 97.3 Å². The minimum Gasteiger partial charge on any atom is -0.484 e. The highest BCUT2D eigenvalue weighted by Gasteiger charge is 2.30. The lowest BCUT2D eigenvalue weighted by Gasteiger charge is -2.08. The highest BCUT2D eigenvalue weighted by Crippen LogP contribution is 2.33. The number of amides is 2. The molecule has 3 aromatic rings. The first-order chi connectivity index (χ1) is 17.9. The normalized spacial score (nSPS) is 15.2. The lowest BCUT2D eigenvalue weighted by atomic mass is 10.2. The molecule has 37 heavy (non-hydrogen) atoms. The molecule has 1 heterocycles. The number of carbonyl (C=O) groups excluding carboxylic acids is 3. The molecule has 4 rings (SSSR count). The van der Waals surface area contributed by atoms with Crippen LogP contribution in [-0.2, 0) is 14.3 Å². The maximum absolute atomic E-state index is 12.8. The van der Waals surface area contributed by atoms with Gasteiger partial charge in [-0.15, -0.1) is 0 Å². The van der Waals surface area contributed by atoms with Gasteiger partial charge in [0.15, 0.2) is 11.8 Å². The molecular weight excluding hydrogens is 490 g/mol. The molecule has 188 valence electrons. The smallest absolute Gasteiger partial charge is 0.338 e. The molecule has 0 aromatic heterocycles. The van der Waals surface area contributed by atoms with Crippen LogP contribution < -0.4 is 10.1 Å². The van der Waals surface area contributed by atoms with Crippen LogP contribution in [-0.4, -0.2) is 48.1 Å². The lowest BCUT2D eigenvalue weighted by Crippen LogP contribution is -2.23. The van der Waals surface area contributed by atoms with Crippen LogP contribution in [0.15, 0.2) is 88.8 Å². The Kier molecular flexibility index (Phi) is 8.37. The number of benzene rings is 3. The van der Waals surface area contributed by atoms with Gasteiger partial charge in [-0.25, -0.2) is 9.79 Å².